The van der Waals surface area contributed by atoms with E-state index < -0.39 is 0 Å². The van der Waals surface area contributed by atoms with Crippen molar-refractivity contribution in [2.75, 3.05) is 52.5 Å². The van der Waals surface area contributed by atoms with Crippen LogP contribution in [0.3, 0.4) is 0 Å². The Morgan fingerprint density at radius 2 is 2.21 bits per heavy atom. The molecular formula is C17H29N3O4. The number of carbonyl (C=O) groups excluding carboxylic acids is 2. The first-order valence-electron chi connectivity index (χ1n) is 9.21. The number of carbonyl (C=O) groups is 2. The number of amides is 2. The minimum atomic E-state index is 0.134. The molecule has 0 bridgehead atoms. The zero-order chi connectivity index (χ0) is 16.8. The number of rotatable bonds is 6. The lowest BCUT2D eigenvalue weighted by Gasteiger charge is -2.41. The second-order valence-electron chi connectivity index (χ2n) is 6.86. The molecule has 0 aliphatic carbocycles. The van der Waals surface area contributed by atoms with E-state index in [-0.39, 0.29) is 24.0 Å². The van der Waals surface area contributed by atoms with Gasteiger partial charge in [-0.15, -0.1) is 0 Å². The van der Waals surface area contributed by atoms with E-state index in [0.717, 1.165) is 51.9 Å². The molecule has 3 rings (SSSR count). The quantitative estimate of drug-likeness (QED) is 0.690. The minimum Gasteiger partial charge on any atom is -0.378 e. The lowest BCUT2D eigenvalue weighted by atomic mass is 10.0. The van der Waals surface area contributed by atoms with Crippen LogP contribution in [0, 0.1) is 0 Å². The number of likely N-dealkylation sites (tertiary alicyclic amines) is 1. The molecule has 3 aliphatic rings. The Bertz CT molecular complexity index is 440. The second-order valence-corrected chi connectivity index (χ2v) is 6.86. The van der Waals surface area contributed by atoms with E-state index in [1.165, 1.54) is 0 Å². The molecule has 7 heteroatoms. The summed E-state index contributed by atoms with van der Waals surface area (Å²) in [5.41, 5.74) is 0. The Hall–Kier alpha value is -1.18. The highest BCUT2D eigenvalue weighted by Crippen LogP contribution is 2.18. The molecule has 24 heavy (non-hydrogen) atoms. The summed E-state index contributed by atoms with van der Waals surface area (Å²) in [5, 5.41) is 3.10. The molecule has 3 fully saturated rings. The number of piperazine rings is 1. The maximum absolute atomic E-state index is 12.4. The van der Waals surface area contributed by atoms with E-state index in [1.807, 2.05) is 9.80 Å². The van der Waals surface area contributed by atoms with Crippen LogP contribution in [0.15, 0.2) is 0 Å². The fourth-order valence-electron chi connectivity index (χ4n) is 3.75. The van der Waals surface area contributed by atoms with E-state index in [9.17, 15) is 9.59 Å². The summed E-state index contributed by atoms with van der Waals surface area (Å²) in [7, 11) is 0. The maximum atomic E-state index is 12.4. The molecule has 0 saturated carbocycles. The van der Waals surface area contributed by atoms with Gasteiger partial charge in [-0.2, -0.15) is 0 Å². The summed E-state index contributed by atoms with van der Waals surface area (Å²) >= 11 is 0. The smallest absolute Gasteiger partial charge is 0.236 e. The van der Waals surface area contributed by atoms with Crippen LogP contribution >= 0.6 is 0 Å². The number of ether oxygens (including phenoxy) is 2. The van der Waals surface area contributed by atoms with Crippen molar-refractivity contribution in [2.24, 2.45) is 0 Å². The molecule has 0 aromatic rings. The van der Waals surface area contributed by atoms with Gasteiger partial charge >= 0.3 is 0 Å². The molecule has 136 valence electrons. The van der Waals surface area contributed by atoms with E-state index in [0.29, 0.717) is 32.7 Å². The van der Waals surface area contributed by atoms with Gasteiger partial charge in [0.15, 0.2) is 0 Å². The lowest BCUT2D eigenvalue weighted by molar-refractivity contribution is -0.141. The summed E-state index contributed by atoms with van der Waals surface area (Å²) in [6.07, 6.45) is 4.73. The molecule has 2 unspecified atom stereocenters. The number of hydrogen-bond acceptors (Lipinski definition) is 5. The zero-order valence-corrected chi connectivity index (χ0v) is 14.4. The Morgan fingerprint density at radius 3 is 3.00 bits per heavy atom. The SMILES string of the molecule is O=C(CCOCC1CCCO1)N1CCCC(N2CCNCC2=O)C1. The number of nitrogens with one attached hydrogen (secondary N) is 1. The van der Waals surface area contributed by atoms with Crippen LogP contribution in [0.1, 0.15) is 32.1 Å². The summed E-state index contributed by atoms with van der Waals surface area (Å²) in [6, 6.07) is 0.171. The van der Waals surface area contributed by atoms with Crippen LogP contribution < -0.4 is 5.32 Å². The second kappa shape index (κ2) is 8.78. The highest BCUT2D eigenvalue weighted by atomic mass is 16.5. The molecular weight excluding hydrogens is 310 g/mol. The first kappa shape index (κ1) is 17.6. The number of hydrogen-bond donors (Lipinski definition) is 1. The lowest BCUT2D eigenvalue weighted by Crippen LogP contribution is -2.57. The van der Waals surface area contributed by atoms with Gasteiger partial charge in [0.25, 0.3) is 0 Å². The predicted octanol–water partition coefficient (Wildman–Crippen LogP) is -0.00510. The number of piperidine rings is 1. The Balaban J connectivity index is 1.38. The van der Waals surface area contributed by atoms with Crippen molar-refractivity contribution in [3.63, 3.8) is 0 Å². The normalized spacial score (nSPS) is 28.4. The molecule has 0 aromatic heterocycles. The average Bonchev–Trinajstić information content (AvgIpc) is 3.12. The minimum absolute atomic E-state index is 0.134. The monoisotopic (exact) mass is 339 g/mol. The van der Waals surface area contributed by atoms with Crippen LogP contribution in [0.2, 0.25) is 0 Å². The first-order chi connectivity index (χ1) is 11.7. The van der Waals surface area contributed by atoms with Gasteiger partial charge in [-0.1, -0.05) is 0 Å². The summed E-state index contributed by atoms with van der Waals surface area (Å²) < 4.78 is 11.1. The zero-order valence-electron chi connectivity index (χ0n) is 14.4. The van der Waals surface area contributed by atoms with Crippen molar-refractivity contribution in [3.8, 4) is 0 Å². The van der Waals surface area contributed by atoms with E-state index >= 15 is 0 Å². The standard InChI is InChI=1S/C17H29N3O4/c21-16(5-10-23-13-15-4-2-9-24-15)19-7-1-3-14(12-19)20-8-6-18-11-17(20)22/h14-15,18H,1-13H2. The first-order valence-corrected chi connectivity index (χ1v) is 9.21. The van der Waals surface area contributed by atoms with Gasteiger partial charge in [0.1, 0.15) is 0 Å². The molecule has 7 nitrogen and oxygen atoms in total. The van der Waals surface area contributed by atoms with Crippen LogP contribution in [0.25, 0.3) is 0 Å². The Morgan fingerprint density at radius 1 is 1.29 bits per heavy atom. The third-order valence-electron chi connectivity index (χ3n) is 5.10. The summed E-state index contributed by atoms with van der Waals surface area (Å²) in [5.74, 6) is 0.287. The van der Waals surface area contributed by atoms with Gasteiger partial charge in [0.05, 0.1) is 32.3 Å². The van der Waals surface area contributed by atoms with Crippen molar-refractivity contribution < 1.29 is 19.1 Å². The fraction of sp³-hybridized carbons (Fsp3) is 0.882. The third kappa shape index (κ3) is 4.68. The van der Waals surface area contributed by atoms with Crippen molar-refractivity contribution in [3.05, 3.63) is 0 Å². The van der Waals surface area contributed by atoms with Crippen LogP contribution in [0.4, 0.5) is 0 Å². The van der Waals surface area contributed by atoms with Gasteiger partial charge < -0.3 is 24.6 Å². The molecule has 0 spiro atoms. The molecule has 3 saturated heterocycles. The van der Waals surface area contributed by atoms with Gasteiger partial charge in [0, 0.05) is 38.8 Å². The van der Waals surface area contributed by atoms with Gasteiger partial charge in [-0.3, -0.25) is 9.59 Å². The maximum Gasteiger partial charge on any atom is 0.236 e. The van der Waals surface area contributed by atoms with Crippen LogP contribution in [-0.2, 0) is 19.1 Å². The molecule has 3 heterocycles. The number of nitrogens with zero attached hydrogens (tertiary/aromatic N) is 2. The average molecular weight is 339 g/mol. The third-order valence-corrected chi connectivity index (χ3v) is 5.10. The van der Waals surface area contributed by atoms with Gasteiger partial charge in [-0.25, -0.2) is 0 Å². The summed E-state index contributed by atoms with van der Waals surface area (Å²) in [4.78, 5) is 28.3. The molecule has 2 amide bonds. The van der Waals surface area contributed by atoms with Crippen LogP contribution in [-0.4, -0.2) is 86.3 Å². The van der Waals surface area contributed by atoms with Crippen molar-refractivity contribution in [1.29, 1.82) is 0 Å². The Labute approximate surface area is 143 Å². The van der Waals surface area contributed by atoms with Crippen molar-refractivity contribution in [2.45, 2.75) is 44.2 Å². The Kier molecular flexibility index (Phi) is 6.45. The molecule has 0 aromatic carbocycles. The highest BCUT2D eigenvalue weighted by molar-refractivity contribution is 5.80. The summed E-state index contributed by atoms with van der Waals surface area (Å²) in [6.45, 7) is 5.33. The molecule has 3 aliphatic heterocycles. The largest absolute Gasteiger partial charge is 0.378 e. The molecule has 0 radical (unpaired) electrons. The fourth-order valence-corrected chi connectivity index (χ4v) is 3.75. The van der Waals surface area contributed by atoms with E-state index in [2.05, 4.69) is 5.32 Å². The predicted molar refractivity (Wildman–Crippen MR) is 88.6 cm³/mol. The van der Waals surface area contributed by atoms with Crippen molar-refractivity contribution in [1.82, 2.24) is 15.1 Å². The molecule has 1 N–H and O–H groups in total. The highest BCUT2D eigenvalue weighted by Gasteiger charge is 2.31. The van der Waals surface area contributed by atoms with E-state index in [4.69, 9.17) is 9.47 Å². The van der Waals surface area contributed by atoms with Gasteiger partial charge in [-0.05, 0) is 25.7 Å². The van der Waals surface area contributed by atoms with E-state index in [1.54, 1.807) is 0 Å². The van der Waals surface area contributed by atoms with Gasteiger partial charge in [0.2, 0.25) is 11.8 Å². The van der Waals surface area contributed by atoms with Crippen LogP contribution in [0.5, 0.6) is 0 Å². The molecule has 2 atom stereocenters. The topological polar surface area (TPSA) is 71.1 Å². The van der Waals surface area contributed by atoms with Crippen molar-refractivity contribution >= 4 is 11.8 Å².